The Kier molecular flexibility index (Phi) is 5.04. The summed E-state index contributed by atoms with van der Waals surface area (Å²) >= 11 is 8.42. The molecule has 0 N–H and O–H groups in total. The minimum atomic E-state index is 0.582. The van der Waals surface area contributed by atoms with Gasteiger partial charge in [-0.25, -0.2) is 0 Å². The maximum atomic E-state index is 5.51. The molecule has 1 heterocycles. The van der Waals surface area contributed by atoms with Gasteiger partial charge in [0.15, 0.2) is 0 Å². The van der Waals surface area contributed by atoms with Gasteiger partial charge in [-0.1, -0.05) is 48.2 Å². The van der Waals surface area contributed by atoms with Crippen molar-refractivity contribution in [1.82, 2.24) is 0 Å². The molecule has 0 aliphatic rings. The quantitative estimate of drug-likeness (QED) is 0.764. The summed E-state index contributed by atoms with van der Waals surface area (Å²) < 4.78 is 6.13. The predicted octanol–water partition coefficient (Wildman–Crippen LogP) is 4.48. The molecule has 0 bridgehead atoms. The molecule has 0 aliphatic carbocycles. The van der Waals surface area contributed by atoms with Crippen LogP contribution in [0.4, 0.5) is 0 Å². The zero-order chi connectivity index (χ0) is 11.9. The molecule has 0 spiro atoms. The van der Waals surface area contributed by atoms with Gasteiger partial charge in [-0.05, 0) is 29.2 Å². The summed E-state index contributed by atoms with van der Waals surface area (Å²) in [6.07, 6.45) is 0. The maximum absolute atomic E-state index is 5.51. The summed E-state index contributed by atoms with van der Waals surface area (Å²) in [4.78, 5) is 1.20. The highest BCUT2D eigenvalue weighted by atomic mass is 32.2. The van der Waals surface area contributed by atoms with Gasteiger partial charge in [0, 0.05) is 10.6 Å². The standard InChI is InChI=1S/C13H12OS3/c15-13(14-9-12-7-4-8-16-12)17-10-11-5-2-1-3-6-11/h1-8H,9-10H2. The highest BCUT2D eigenvalue weighted by molar-refractivity contribution is 8.22. The van der Waals surface area contributed by atoms with E-state index in [1.807, 2.05) is 29.6 Å². The molecule has 0 radical (unpaired) electrons. The second-order valence-corrected chi connectivity index (χ2v) is 6.00. The Morgan fingerprint density at radius 3 is 2.71 bits per heavy atom. The highest BCUT2D eigenvalue weighted by Crippen LogP contribution is 2.17. The largest absolute Gasteiger partial charge is 0.473 e. The molecule has 17 heavy (non-hydrogen) atoms. The van der Waals surface area contributed by atoms with Gasteiger partial charge in [0.1, 0.15) is 6.61 Å². The molecular formula is C13H12OS3. The maximum Gasteiger partial charge on any atom is 0.220 e. The minimum absolute atomic E-state index is 0.582. The van der Waals surface area contributed by atoms with Gasteiger partial charge in [-0.3, -0.25) is 0 Å². The van der Waals surface area contributed by atoms with Crippen molar-refractivity contribution >= 4 is 39.7 Å². The van der Waals surface area contributed by atoms with Crippen molar-refractivity contribution in [3.05, 3.63) is 58.3 Å². The summed E-state index contributed by atoms with van der Waals surface area (Å²) in [6, 6.07) is 14.3. The lowest BCUT2D eigenvalue weighted by atomic mass is 10.2. The number of hydrogen-bond donors (Lipinski definition) is 0. The van der Waals surface area contributed by atoms with Crippen molar-refractivity contribution in [2.45, 2.75) is 12.4 Å². The Balaban J connectivity index is 1.71. The lowest BCUT2D eigenvalue weighted by molar-refractivity contribution is 0.314. The average molecular weight is 280 g/mol. The summed E-state index contributed by atoms with van der Waals surface area (Å²) in [5, 5.41) is 2.04. The lowest BCUT2D eigenvalue weighted by Gasteiger charge is -2.05. The fourth-order valence-electron chi connectivity index (χ4n) is 1.28. The molecule has 0 saturated carbocycles. The van der Waals surface area contributed by atoms with Crippen LogP contribution in [-0.2, 0) is 17.1 Å². The first kappa shape index (κ1) is 12.6. The number of benzene rings is 1. The fourth-order valence-corrected chi connectivity index (χ4v) is 2.75. The molecule has 4 heteroatoms. The summed E-state index contributed by atoms with van der Waals surface area (Å²) in [7, 11) is 0. The zero-order valence-electron chi connectivity index (χ0n) is 9.17. The number of hydrogen-bond acceptors (Lipinski definition) is 4. The second kappa shape index (κ2) is 6.79. The van der Waals surface area contributed by atoms with Gasteiger partial charge in [0.25, 0.3) is 0 Å². The van der Waals surface area contributed by atoms with Crippen molar-refractivity contribution in [2.24, 2.45) is 0 Å². The van der Waals surface area contributed by atoms with Gasteiger partial charge < -0.3 is 4.74 Å². The molecule has 2 rings (SSSR count). The van der Waals surface area contributed by atoms with E-state index in [4.69, 9.17) is 17.0 Å². The summed E-state index contributed by atoms with van der Waals surface area (Å²) in [5.74, 6) is 0.865. The SMILES string of the molecule is S=C(OCc1cccs1)SCc1ccccc1. The van der Waals surface area contributed by atoms with Crippen LogP contribution in [0.25, 0.3) is 0 Å². The Bertz CT molecular complexity index is 451. The smallest absolute Gasteiger partial charge is 0.220 e. The molecule has 0 saturated heterocycles. The van der Waals surface area contributed by atoms with Gasteiger partial charge in [-0.15, -0.1) is 11.3 Å². The van der Waals surface area contributed by atoms with E-state index in [-0.39, 0.29) is 0 Å². The number of rotatable bonds is 4. The topological polar surface area (TPSA) is 9.23 Å². The Labute approximate surface area is 115 Å². The lowest BCUT2D eigenvalue weighted by Crippen LogP contribution is -1.96. The third-order valence-corrected chi connectivity index (χ3v) is 4.26. The first-order valence-corrected chi connectivity index (χ1v) is 7.48. The number of thiophene rings is 1. The molecule has 0 fully saturated rings. The van der Waals surface area contributed by atoms with Crippen LogP contribution < -0.4 is 0 Å². The molecular weight excluding hydrogens is 268 g/mol. The van der Waals surface area contributed by atoms with Crippen molar-refractivity contribution < 1.29 is 4.74 Å². The van der Waals surface area contributed by atoms with Crippen molar-refractivity contribution in [3.63, 3.8) is 0 Å². The Hall–Kier alpha value is -0.840. The molecule has 0 aliphatic heterocycles. The van der Waals surface area contributed by atoms with E-state index >= 15 is 0 Å². The molecule has 1 aromatic heterocycles. The third-order valence-electron chi connectivity index (χ3n) is 2.11. The van der Waals surface area contributed by atoms with E-state index in [2.05, 4.69) is 18.2 Å². The second-order valence-electron chi connectivity index (χ2n) is 3.39. The molecule has 0 amide bonds. The van der Waals surface area contributed by atoms with Crippen LogP contribution in [0.1, 0.15) is 10.4 Å². The van der Waals surface area contributed by atoms with E-state index in [9.17, 15) is 0 Å². The van der Waals surface area contributed by atoms with Crippen molar-refractivity contribution in [2.75, 3.05) is 0 Å². The van der Waals surface area contributed by atoms with Crippen LogP contribution in [0.5, 0.6) is 0 Å². The number of thioether (sulfide) groups is 1. The van der Waals surface area contributed by atoms with E-state index in [1.54, 1.807) is 23.1 Å². The monoisotopic (exact) mass is 280 g/mol. The third kappa shape index (κ3) is 4.50. The van der Waals surface area contributed by atoms with Crippen LogP contribution in [0, 0.1) is 0 Å². The highest BCUT2D eigenvalue weighted by Gasteiger charge is 2.01. The van der Waals surface area contributed by atoms with Crippen LogP contribution >= 0.6 is 35.3 Å². The van der Waals surface area contributed by atoms with Crippen LogP contribution in [-0.4, -0.2) is 4.38 Å². The van der Waals surface area contributed by atoms with Crippen molar-refractivity contribution in [3.8, 4) is 0 Å². The Morgan fingerprint density at radius 1 is 1.18 bits per heavy atom. The van der Waals surface area contributed by atoms with E-state index in [1.165, 1.54) is 10.4 Å². The van der Waals surface area contributed by atoms with Crippen LogP contribution in [0.3, 0.4) is 0 Å². The van der Waals surface area contributed by atoms with E-state index in [0.29, 0.717) is 11.0 Å². The zero-order valence-corrected chi connectivity index (χ0v) is 11.6. The fraction of sp³-hybridized carbons (Fsp3) is 0.154. The number of ether oxygens (including phenoxy) is 1. The average Bonchev–Trinajstić information content (AvgIpc) is 2.88. The minimum Gasteiger partial charge on any atom is -0.473 e. The molecule has 1 aromatic carbocycles. The van der Waals surface area contributed by atoms with Gasteiger partial charge in [-0.2, -0.15) is 0 Å². The molecule has 0 unspecified atom stereocenters. The normalized spacial score (nSPS) is 10.1. The molecule has 88 valence electrons. The van der Waals surface area contributed by atoms with Gasteiger partial charge >= 0.3 is 0 Å². The summed E-state index contributed by atoms with van der Waals surface area (Å²) in [5.41, 5.74) is 1.26. The molecule has 0 atom stereocenters. The number of thiocarbonyl (C=S) groups is 1. The van der Waals surface area contributed by atoms with Crippen LogP contribution in [0.15, 0.2) is 47.8 Å². The van der Waals surface area contributed by atoms with Crippen LogP contribution in [0.2, 0.25) is 0 Å². The first-order valence-electron chi connectivity index (χ1n) is 5.20. The van der Waals surface area contributed by atoms with E-state index in [0.717, 1.165) is 5.75 Å². The van der Waals surface area contributed by atoms with E-state index < -0.39 is 0 Å². The summed E-state index contributed by atoms with van der Waals surface area (Å²) in [6.45, 7) is 0.582. The Morgan fingerprint density at radius 2 is 2.00 bits per heavy atom. The predicted molar refractivity (Wildman–Crippen MR) is 79.4 cm³/mol. The molecule has 1 nitrogen and oxygen atoms in total. The van der Waals surface area contributed by atoms with Gasteiger partial charge in [0.2, 0.25) is 4.38 Å². The van der Waals surface area contributed by atoms with Gasteiger partial charge in [0.05, 0.1) is 0 Å². The first-order chi connectivity index (χ1) is 8.34. The van der Waals surface area contributed by atoms with Crippen molar-refractivity contribution in [1.29, 1.82) is 0 Å². The molecule has 2 aromatic rings.